The van der Waals surface area contributed by atoms with Gasteiger partial charge >= 0.3 is 6.09 Å². The van der Waals surface area contributed by atoms with Crippen molar-refractivity contribution in [2.24, 2.45) is 5.84 Å². The number of nitrogens with two attached hydrogens (primary N) is 1. The summed E-state index contributed by atoms with van der Waals surface area (Å²) in [6.45, 7) is 0.713. The molecule has 5 heteroatoms. The van der Waals surface area contributed by atoms with Crippen LogP contribution in [0.2, 0.25) is 0 Å². The fourth-order valence-corrected chi connectivity index (χ4v) is 3.68. The molecule has 0 saturated heterocycles. The molecule has 0 bridgehead atoms. The third-order valence-electron chi connectivity index (χ3n) is 5.10. The van der Waals surface area contributed by atoms with Crippen LogP contribution in [0.4, 0.5) is 10.5 Å². The van der Waals surface area contributed by atoms with E-state index in [1.807, 2.05) is 60.7 Å². The number of carbonyl (C=O) groups excluding carboxylic acids is 1. The van der Waals surface area contributed by atoms with Crippen LogP contribution in [0.5, 0.6) is 0 Å². The number of fused-ring (bicyclic) bond motifs is 3. The smallest absolute Gasteiger partial charge is 0.407 e. The minimum Gasteiger partial charge on any atom is -0.449 e. The number of rotatable bonds is 6. The predicted octanol–water partition coefficient (Wildman–Crippen LogP) is 4.52. The van der Waals surface area contributed by atoms with E-state index in [-0.39, 0.29) is 5.92 Å². The fraction of sp³-hybridized carbons (Fsp3) is 0.125. The molecule has 146 valence electrons. The van der Waals surface area contributed by atoms with Crippen LogP contribution >= 0.6 is 0 Å². The van der Waals surface area contributed by atoms with Crippen molar-refractivity contribution in [2.75, 3.05) is 18.6 Å². The molecule has 5 nitrogen and oxygen atoms in total. The number of hydrogen-bond acceptors (Lipinski definition) is 4. The zero-order valence-electron chi connectivity index (χ0n) is 16.0. The van der Waals surface area contributed by atoms with Crippen LogP contribution in [0.15, 0.2) is 78.9 Å². The summed E-state index contributed by atoms with van der Waals surface area (Å²) in [5, 5.41) is 2.77. The van der Waals surface area contributed by atoms with Crippen molar-refractivity contribution >= 4 is 17.9 Å². The zero-order chi connectivity index (χ0) is 20.1. The molecule has 3 aromatic rings. The van der Waals surface area contributed by atoms with Gasteiger partial charge in [0.15, 0.2) is 0 Å². The van der Waals surface area contributed by atoms with Gasteiger partial charge in [-0.25, -0.2) is 4.79 Å². The Bertz CT molecular complexity index is 983. The fourth-order valence-electron chi connectivity index (χ4n) is 3.68. The molecule has 1 aliphatic carbocycles. The Morgan fingerprint density at radius 3 is 2.17 bits per heavy atom. The van der Waals surface area contributed by atoms with E-state index in [4.69, 9.17) is 10.6 Å². The van der Waals surface area contributed by atoms with Crippen LogP contribution in [-0.4, -0.2) is 19.2 Å². The number of alkyl carbamates (subject to hydrolysis) is 1. The van der Waals surface area contributed by atoms with Gasteiger partial charge in [0, 0.05) is 18.2 Å². The Labute approximate surface area is 170 Å². The predicted molar refractivity (Wildman–Crippen MR) is 116 cm³/mol. The Morgan fingerprint density at radius 1 is 0.931 bits per heavy atom. The first-order valence-electron chi connectivity index (χ1n) is 9.58. The Hall–Kier alpha value is -3.57. The van der Waals surface area contributed by atoms with Gasteiger partial charge in [-0.1, -0.05) is 72.8 Å². The molecule has 1 amide bonds. The molecule has 0 radical (unpaired) electrons. The number of amides is 1. The molecule has 1 aliphatic rings. The monoisotopic (exact) mass is 385 g/mol. The number of carbonyl (C=O) groups is 1. The Balaban J connectivity index is 1.31. The third kappa shape index (κ3) is 4.15. The molecule has 4 rings (SSSR count). The molecule has 3 aromatic carbocycles. The molecule has 29 heavy (non-hydrogen) atoms. The molecule has 0 atom stereocenters. The van der Waals surface area contributed by atoms with Gasteiger partial charge in [0.25, 0.3) is 0 Å². The molecular formula is C24H23N3O2. The highest BCUT2D eigenvalue weighted by molar-refractivity contribution is 5.79. The molecule has 0 fully saturated rings. The van der Waals surface area contributed by atoms with Gasteiger partial charge in [0.05, 0.1) is 0 Å². The lowest BCUT2D eigenvalue weighted by atomic mass is 9.98. The van der Waals surface area contributed by atoms with Crippen molar-refractivity contribution in [3.63, 3.8) is 0 Å². The van der Waals surface area contributed by atoms with Crippen LogP contribution in [-0.2, 0) is 4.74 Å². The average molecular weight is 385 g/mol. The lowest BCUT2D eigenvalue weighted by molar-refractivity contribution is 0.144. The second-order valence-corrected chi connectivity index (χ2v) is 6.88. The zero-order valence-corrected chi connectivity index (χ0v) is 16.0. The average Bonchev–Trinajstić information content (AvgIpc) is 3.09. The molecule has 0 aromatic heterocycles. The summed E-state index contributed by atoms with van der Waals surface area (Å²) < 4.78 is 5.52. The van der Waals surface area contributed by atoms with Gasteiger partial charge in [-0.05, 0) is 39.9 Å². The van der Waals surface area contributed by atoms with Crippen LogP contribution in [0, 0.1) is 0 Å². The van der Waals surface area contributed by atoms with Gasteiger partial charge in [0.2, 0.25) is 0 Å². The summed E-state index contributed by atoms with van der Waals surface area (Å²) in [4.78, 5) is 12.1. The summed E-state index contributed by atoms with van der Waals surface area (Å²) >= 11 is 0. The second kappa shape index (κ2) is 8.63. The van der Waals surface area contributed by atoms with E-state index in [9.17, 15) is 4.79 Å². The minimum absolute atomic E-state index is 0.0679. The topological polar surface area (TPSA) is 76.4 Å². The summed E-state index contributed by atoms with van der Waals surface area (Å²) in [5.41, 5.74) is 9.31. The Morgan fingerprint density at radius 2 is 1.55 bits per heavy atom. The maximum Gasteiger partial charge on any atom is 0.407 e. The summed E-state index contributed by atoms with van der Waals surface area (Å²) in [7, 11) is 0. The molecule has 0 spiro atoms. The van der Waals surface area contributed by atoms with E-state index in [0.29, 0.717) is 13.2 Å². The highest BCUT2D eigenvalue weighted by atomic mass is 16.5. The lowest BCUT2D eigenvalue weighted by Gasteiger charge is -2.14. The van der Waals surface area contributed by atoms with Crippen LogP contribution in [0.25, 0.3) is 17.2 Å². The van der Waals surface area contributed by atoms with Crippen LogP contribution < -0.4 is 16.6 Å². The van der Waals surface area contributed by atoms with Crippen molar-refractivity contribution in [1.29, 1.82) is 0 Å². The largest absolute Gasteiger partial charge is 0.449 e. The summed E-state index contributed by atoms with van der Waals surface area (Å²) in [6.07, 6.45) is 3.40. The SMILES string of the molecule is NNc1ccc(C=CCNC(=O)OCC2c3ccccc3-c3ccccc32)cc1. The van der Waals surface area contributed by atoms with Gasteiger partial charge in [-0.15, -0.1) is 0 Å². The van der Waals surface area contributed by atoms with Crippen molar-refractivity contribution in [3.05, 3.63) is 95.6 Å². The number of hydrogen-bond donors (Lipinski definition) is 3. The van der Waals surface area contributed by atoms with Crippen LogP contribution in [0.1, 0.15) is 22.6 Å². The molecule has 0 saturated carbocycles. The second-order valence-electron chi connectivity index (χ2n) is 6.88. The first-order chi connectivity index (χ1) is 14.3. The Kier molecular flexibility index (Phi) is 5.59. The van der Waals surface area contributed by atoms with E-state index in [2.05, 4.69) is 35.0 Å². The highest BCUT2D eigenvalue weighted by Gasteiger charge is 2.28. The van der Waals surface area contributed by atoms with Gasteiger partial charge in [-0.2, -0.15) is 0 Å². The molecule has 0 unspecified atom stereocenters. The summed E-state index contributed by atoms with van der Waals surface area (Å²) in [5.74, 6) is 5.42. The normalized spacial score (nSPS) is 12.4. The molecule has 4 N–H and O–H groups in total. The highest BCUT2D eigenvalue weighted by Crippen LogP contribution is 2.44. The summed E-state index contributed by atoms with van der Waals surface area (Å²) in [6, 6.07) is 24.2. The van der Waals surface area contributed by atoms with Gasteiger partial charge in [0.1, 0.15) is 6.61 Å². The first-order valence-corrected chi connectivity index (χ1v) is 9.58. The maximum absolute atomic E-state index is 12.1. The first kappa shape index (κ1) is 18.8. The quantitative estimate of drug-likeness (QED) is 0.431. The number of nitrogens with one attached hydrogen (secondary N) is 2. The minimum atomic E-state index is -0.417. The van der Waals surface area contributed by atoms with Crippen molar-refractivity contribution in [2.45, 2.75) is 5.92 Å². The van der Waals surface area contributed by atoms with Crippen molar-refractivity contribution < 1.29 is 9.53 Å². The number of ether oxygens (including phenoxy) is 1. The van der Waals surface area contributed by atoms with E-state index < -0.39 is 6.09 Å². The lowest BCUT2D eigenvalue weighted by Crippen LogP contribution is -2.26. The van der Waals surface area contributed by atoms with E-state index in [0.717, 1.165) is 11.3 Å². The maximum atomic E-state index is 12.1. The number of benzene rings is 3. The third-order valence-corrected chi connectivity index (χ3v) is 5.10. The van der Waals surface area contributed by atoms with Crippen molar-refractivity contribution in [3.8, 4) is 11.1 Å². The van der Waals surface area contributed by atoms with Gasteiger partial charge in [-0.3, -0.25) is 5.84 Å². The van der Waals surface area contributed by atoms with E-state index in [1.165, 1.54) is 22.3 Å². The van der Waals surface area contributed by atoms with Crippen molar-refractivity contribution in [1.82, 2.24) is 5.32 Å². The molecule has 0 aliphatic heterocycles. The number of nitrogen functional groups attached to an aromatic ring is 1. The number of anilines is 1. The van der Waals surface area contributed by atoms with E-state index >= 15 is 0 Å². The molecular weight excluding hydrogens is 362 g/mol. The number of hydrazine groups is 1. The standard InChI is InChI=1S/C24H23N3O2/c25-27-18-13-11-17(12-14-18)6-5-15-26-24(28)29-16-23-21-9-3-1-7-19(21)20-8-2-4-10-22(20)23/h1-14,23,27H,15-16,25H2,(H,26,28). The molecule has 0 heterocycles. The van der Waals surface area contributed by atoms with E-state index in [1.54, 1.807) is 0 Å². The van der Waals surface area contributed by atoms with Gasteiger partial charge < -0.3 is 15.5 Å². The van der Waals surface area contributed by atoms with Crippen LogP contribution in [0.3, 0.4) is 0 Å².